The van der Waals surface area contributed by atoms with Gasteiger partial charge in [0.05, 0.1) is 12.5 Å². The van der Waals surface area contributed by atoms with Gasteiger partial charge in [0, 0.05) is 30.4 Å². The second kappa shape index (κ2) is 7.83. The molecule has 0 aliphatic carbocycles. The van der Waals surface area contributed by atoms with Crippen molar-refractivity contribution in [3.63, 3.8) is 0 Å². The highest BCUT2D eigenvalue weighted by molar-refractivity contribution is 5.96. The SMILES string of the molecule is CCOc1cccc(NC(=O)C2CCN(C(=O)c3ccccc3)C2)c1. The van der Waals surface area contributed by atoms with Gasteiger partial charge in [-0.05, 0) is 37.6 Å². The van der Waals surface area contributed by atoms with Crippen LogP contribution in [0.5, 0.6) is 5.75 Å². The fourth-order valence-electron chi connectivity index (χ4n) is 3.00. The first-order valence-electron chi connectivity index (χ1n) is 8.55. The molecular weight excluding hydrogens is 316 g/mol. The Morgan fingerprint density at radius 1 is 1.16 bits per heavy atom. The van der Waals surface area contributed by atoms with Crippen LogP contribution in [-0.2, 0) is 4.79 Å². The molecule has 0 saturated carbocycles. The topological polar surface area (TPSA) is 58.6 Å². The highest BCUT2D eigenvalue weighted by atomic mass is 16.5. The van der Waals surface area contributed by atoms with Gasteiger partial charge in [-0.15, -0.1) is 0 Å². The van der Waals surface area contributed by atoms with Gasteiger partial charge in [-0.1, -0.05) is 24.3 Å². The van der Waals surface area contributed by atoms with Crippen LogP contribution in [0.15, 0.2) is 54.6 Å². The number of rotatable bonds is 5. The number of nitrogens with zero attached hydrogens (tertiary/aromatic N) is 1. The number of anilines is 1. The summed E-state index contributed by atoms with van der Waals surface area (Å²) in [6, 6.07) is 16.5. The molecule has 2 amide bonds. The molecule has 2 aromatic rings. The highest BCUT2D eigenvalue weighted by Gasteiger charge is 2.31. The summed E-state index contributed by atoms with van der Waals surface area (Å²) in [6.45, 7) is 3.55. The van der Waals surface area contributed by atoms with E-state index < -0.39 is 0 Å². The third-order valence-corrected chi connectivity index (χ3v) is 4.28. The van der Waals surface area contributed by atoms with Crippen LogP contribution in [-0.4, -0.2) is 36.4 Å². The van der Waals surface area contributed by atoms with Crippen LogP contribution in [0, 0.1) is 5.92 Å². The van der Waals surface area contributed by atoms with Crippen molar-refractivity contribution in [2.24, 2.45) is 5.92 Å². The number of hydrogen-bond donors (Lipinski definition) is 1. The van der Waals surface area contributed by atoms with E-state index in [1.165, 1.54) is 0 Å². The van der Waals surface area contributed by atoms with E-state index in [1.807, 2.05) is 49.4 Å². The van der Waals surface area contributed by atoms with Gasteiger partial charge in [-0.3, -0.25) is 9.59 Å². The lowest BCUT2D eigenvalue weighted by molar-refractivity contribution is -0.119. The quantitative estimate of drug-likeness (QED) is 0.911. The van der Waals surface area contributed by atoms with Gasteiger partial charge < -0.3 is 15.0 Å². The molecular formula is C20H22N2O3. The lowest BCUT2D eigenvalue weighted by Gasteiger charge is -2.16. The normalized spacial score (nSPS) is 16.5. The summed E-state index contributed by atoms with van der Waals surface area (Å²) in [5, 5.41) is 2.93. The lowest BCUT2D eigenvalue weighted by atomic mass is 10.1. The van der Waals surface area contributed by atoms with Gasteiger partial charge in [-0.25, -0.2) is 0 Å². The van der Waals surface area contributed by atoms with E-state index in [0.29, 0.717) is 37.4 Å². The Morgan fingerprint density at radius 2 is 1.96 bits per heavy atom. The Bertz CT molecular complexity index is 746. The van der Waals surface area contributed by atoms with Crippen molar-refractivity contribution in [3.05, 3.63) is 60.2 Å². The Balaban J connectivity index is 1.59. The highest BCUT2D eigenvalue weighted by Crippen LogP contribution is 2.22. The summed E-state index contributed by atoms with van der Waals surface area (Å²) in [4.78, 5) is 26.7. The van der Waals surface area contributed by atoms with Crippen LogP contribution >= 0.6 is 0 Å². The molecule has 5 heteroatoms. The van der Waals surface area contributed by atoms with Crippen molar-refractivity contribution >= 4 is 17.5 Å². The van der Waals surface area contributed by atoms with E-state index in [4.69, 9.17) is 4.74 Å². The zero-order valence-electron chi connectivity index (χ0n) is 14.3. The monoisotopic (exact) mass is 338 g/mol. The number of likely N-dealkylation sites (tertiary alicyclic amines) is 1. The molecule has 1 atom stereocenters. The molecule has 2 aromatic carbocycles. The minimum atomic E-state index is -0.191. The predicted octanol–water partition coefficient (Wildman–Crippen LogP) is 3.19. The minimum Gasteiger partial charge on any atom is -0.494 e. The molecule has 1 aliphatic heterocycles. The van der Waals surface area contributed by atoms with Gasteiger partial charge in [-0.2, -0.15) is 0 Å². The Kier molecular flexibility index (Phi) is 5.33. The third-order valence-electron chi connectivity index (χ3n) is 4.28. The average Bonchev–Trinajstić information content (AvgIpc) is 3.13. The van der Waals surface area contributed by atoms with Gasteiger partial charge >= 0.3 is 0 Å². The minimum absolute atomic E-state index is 0.0192. The van der Waals surface area contributed by atoms with E-state index in [1.54, 1.807) is 17.0 Å². The molecule has 1 unspecified atom stereocenters. The van der Waals surface area contributed by atoms with E-state index in [-0.39, 0.29) is 17.7 Å². The molecule has 5 nitrogen and oxygen atoms in total. The molecule has 3 rings (SSSR count). The second-order valence-corrected chi connectivity index (χ2v) is 6.05. The van der Waals surface area contributed by atoms with Crippen LogP contribution in [0.1, 0.15) is 23.7 Å². The molecule has 1 aliphatic rings. The van der Waals surface area contributed by atoms with Crippen molar-refractivity contribution in [2.75, 3.05) is 25.0 Å². The molecule has 130 valence electrons. The summed E-state index contributed by atoms with van der Waals surface area (Å²) in [5.41, 5.74) is 1.37. The first-order chi connectivity index (χ1) is 12.2. The standard InChI is InChI=1S/C20H22N2O3/c1-2-25-18-10-6-9-17(13-18)21-19(23)16-11-12-22(14-16)20(24)15-7-4-3-5-8-15/h3-10,13,16H,2,11-12,14H2,1H3,(H,21,23). The molecule has 1 fully saturated rings. The van der Waals surface area contributed by atoms with Gasteiger partial charge in [0.1, 0.15) is 5.75 Å². The number of hydrogen-bond acceptors (Lipinski definition) is 3. The molecule has 0 spiro atoms. The van der Waals surface area contributed by atoms with Gasteiger partial charge in [0.25, 0.3) is 5.91 Å². The fourth-order valence-corrected chi connectivity index (χ4v) is 3.00. The lowest BCUT2D eigenvalue weighted by Crippen LogP contribution is -2.31. The molecule has 0 radical (unpaired) electrons. The predicted molar refractivity (Wildman–Crippen MR) is 96.7 cm³/mol. The Morgan fingerprint density at radius 3 is 2.72 bits per heavy atom. The summed E-state index contributed by atoms with van der Waals surface area (Å²) < 4.78 is 5.45. The molecule has 1 N–H and O–H groups in total. The molecule has 0 aromatic heterocycles. The van der Waals surface area contributed by atoms with E-state index in [2.05, 4.69) is 5.32 Å². The summed E-state index contributed by atoms with van der Waals surface area (Å²) >= 11 is 0. The number of benzene rings is 2. The van der Waals surface area contributed by atoms with E-state index in [0.717, 1.165) is 5.75 Å². The van der Waals surface area contributed by atoms with Gasteiger partial charge in [0.15, 0.2) is 0 Å². The molecule has 1 heterocycles. The fraction of sp³-hybridized carbons (Fsp3) is 0.300. The third kappa shape index (κ3) is 4.18. The van der Waals surface area contributed by atoms with E-state index >= 15 is 0 Å². The smallest absolute Gasteiger partial charge is 0.253 e. The first-order valence-corrected chi connectivity index (χ1v) is 8.55. The zero-order chi connectivity index (χ0) is 17.6. The Hall–Kier alpha value is -2.82. The van der Waals surface area contributed by atoms with Crippen molar-refractivity contribution in [1.82, 2.24) is 4.90 Å². The van der Waals surface area contributed by atoms with Crippen LogP contribution in [0.4, 0.5) is 5.69 Å². The van der Waals surface area contributed by atoms with Crippen LogP contribution in [0.3, 0.4) is 0 Å². The molecule has 0 bridgehead atoms. The maximum Gasteiger partial charge on any atom is 0.253 e. The van der Waals surface area contributed by atoms with E-state index in [9.17, 15) is 9.59 Å². The number of nitrogens with one attached hydrogen (secondary N) is 1. The first kappa shape index (κ1) is 17.0. The van der Waals surface area contributed by atoms with Crippen LogP contribution in [0.2, 0.25) is 0 Å². The molecule has 1 saturated heterocycles. The number of amides is 2. The van der Waals surface area contributed by atoms with Crippen LogP contribution in [0.25, 0.3) is 0 Å². The van der Waals surface area contributed by atoms with Crippen molar-refractivity contribution in [1.29, 1.82) is 0 Å². The summed E-state index contributed by atoms with van der Waals surface area (Å²) in [6.07, 6.45) is 0.676. The summed E-state index contributed by atoms with van der Waals surface area (Å²) in [7, 11) is 0. The second-order valence-electron chi connectivity index (χ2n) is 6.05. The van der Waals surface area contributed by atoms with Crippen molar-refractivity contribution in [3.8, 4) is 5.75 Å². The number of carbonyl (C=O) groups excluding carboxylic acids is 2. The van der Waals surface area contributed by atoms with Crippen molar-refractivity contribution in [2.45, 2.75) is 13.3 Å². The largest absolute Gasteiger partial charge is 0.494 e. The zero-order valence-corrected chi connectivity index (χ0v) is 14.3. The van der Waals surface area contributed by atoms with Crippen molar-refractivity contribution < 1.29 is 14.3 Å². The molecule has 25 heavy (non-hydrogen) atoms. The maximum absolute atomic E-state index is 12.5. The number of carbonyl (C=O) groups is 2. The Labute approximate surface area is 147 Å². The van der Waals surface area contributed by atoms with Gasteiger partial charge in [0.2, 0.25) is 5.91 Å². The summed E-state index contributed by atoms with van der Waals surface area (Å²) in [5.74, 6) is 0.460. The van der Waals surface area contributed by atoms with Crippen LogP contribution < -0.4 is 10.1 Å². The average molecular weight is 338 g/mol. The number of ether oxygens (including phenoxy) is 1. The maximum atomic E-state index is 12.5.